The first kappa shape index (κ1) is 20.3. The van der Waals surface area contributed by atoms with Gasteiger partial charge >= 0.3 is 0 Å². The number of benzene rings is 2. The molecule has 0 bridgehead atoms. The summed E-state index contributed by atoms with van der Waals surface area (Å²) in [5, 5.41) is 14.9. The molecule has 6 nitrogen and oxygen atoms in total. The molecule has 2 aromatic carbocycles. The number of hydrogen-bond acceptors (Lipinski definition) is 4. The standard InChI is InChI=1S/C25H25N5O/c1-3-17(2)27-25(31)21-9-4-5-10-22(21)28-19-11-13-20-23(29-30-24(20)16-19)14-12-18-8-6-7-15-26-18/h4-17,28H,3H2,1-2H3,(H,27,31)(H,29,30)/b14-12+. The summed E-state index contributed by atoms with van der Waals surface area (Å²) >= 11 is 0. The molecule has 0 radical (unpaired) electrons. The topological polar surface area (TPSA) is 82.7 Å². The van der Waals surface area contributed by atoms with Crippen LogP contribution < -0.4 is 10.6 Å². The van der Waals surface area contributed by atoms with Gasteiger partial charge in [-0.25, -0.2) is 0 Å². The van der Waals surface area contributed by atoms with Gasteiger partial charge in [0.2, 0.25) is 0 Å². The zero-order valence-corrected chi connectivity index (χ0v) is 17.6. The lowest BCUT2D eigenvalue weighted by molar-refractivity contribution is 0.0940. The number of aromatic nitrogens is 3. The molecule has 1 atom stereocenters. The highest BCUT2D eigenvalue weighted by atomic mass is 16.1. The number of anilines is 2. The molecule has 0 aliphatic heterocycles. The molecule has 156 valence electrons. The Morgan fingerprint density at radius 3 is 2.74 bits per heavy atom. The molecule has 2 aromatic heterocycles. The monoisotopic (exact) mass is 411 g/mol. The first-order chi connectivity index (χ1) is 15.1. The Morgan fingerprint density at radius 1 is 1.10 bits per heavy atom. The molecular weight excluding hydrogens is 386 g/mol. The molecule has 1 unspecified atom stereocenters. The van der Waals surface area contributed by atoms with Gasteiger partial charge in [-0.3, -0.25) is 14.9 Å². The van der Waals surface area contributed by atoms with E-state index in [9.17, 15) is 4.79 Å². The van der Waals surface area contributed by atoms with Crippen LogP contribution in [-0.2, 0) is 0 Å². The van der Waals surface area contributed by atoms with Gasteiger partial charge < -0.3 is 10.6 Å². The molecule has 31 heavy (non-hydrogen) atoms. The van der Waals surface area contributed by atoms with E-state index < -0.39 is 0 Å². The predicted molar refractivity (Wildman–Crippen MR) is 126 cm³/mol. The Balaban J connectivity index is 1.56. The molecular formula is C25H25N5O. The molecule has 4 rings (SSSR count). The molecule has 2 heterocycles. The number of para-hydroxylation sites is 1. The summed E-state index contributed by atoms with van der Waals surface area (Å²) in [5.41, 5.74) is 4.89. The van der Waals surface area contributed by atoms with E-state index in [4.69, 9.17) is 0 Å². The molecule has 0 aliphatic rings. The lowest BCUT2D eigenvalue weighted by atomic mass is 10.1. The van der Waals surface area contributed by atoms with Crippen LogP contribution in [0.25, 0.3) is 23.1 Å². The van der Waals surface area contributed by atoms with Gasteiger partial charge in [-0.15, -0.1) is 0 Å². The molecule has 0 spiro atoms. The zero-order chi connectivity index (χ0) is 21.6. The van der Waals surface area contributed by atoms with Crippen LogP contribution in [-0.4, -0.2) is 27.1 Å². The number of nitrogens with one attached hydrogen (secondary N) is 3. The van der Waals surface area contributed by atoms with Crippen LogP contribution >= 0.6 is 0 Å². The predicted octanol–water partition coefficient (Wildman–Crippen LogP) is 5.40. The van der Waals surface area contributed by atoms with Crippen LogP contribution in [0.2, 0.25) is 0 Å². The molecule has 0 aliphatic carbocycles. The van der Waals surface area contributed by atoms with E-state index >= 15 is 0 Å². The fourth-order valence-corrected chi connectivity index (χ4v) is 3.23. The summed E-state index contributed by atoms with van der Waals surface area (Å²) < 4.78 is 0. The Hall–Kier alpha value is -3.93. The Labute approximate surface area is 181 Å². The van der Waals surface area contributed by atoms with Crippen molar-refractivity contribution >= 4 is 40.3 Å². The van der Waals surface area contributed by atoms with Crippen LogP contribution in [0.4, 0.5) is 11.4 Å². The minimum absolute atomic E-state index is 0.0815. The van der Waals surface area contributed by atoms with E-state index in [0.29, 0.717) is 5.56 Å². The largest absolute Gasteiger partial charge is 0.355 e. The van der Waals surface area contributed by atoms with Crippen molar-refractivity contribution in [3.63, 3.8) is 0 Å². The van der Waals surface area contributed by atoms with E-state index in [1.165, 1.54) is 0 Å². The fraction of sp³-hybridized carbons (Fsp3) is 0.160. The number of hydrogen-bond donors (Lipinski definition) is 3. The van der Waals surface area contributed by atoms with Crippen molar-refractivity contribution in [1.82, 2.24) is 20.5 Å². The van der Waals surface area contributed by atoms with Gasteiger partial charge in [-0.1, -0.05) is 25.1 Å². The van der Waals surface area contributed by atoms with Crippen molar-refractivity contribution in [2.75, 3.05) is 5.32 Å². The highest BCUT2D eigenvalue weighted by Crippen LogP contribution is 2.26. The smallest absolute Gasteiger partial charge is 0.253 e. The maximum Gasteiger partial charge on any atom is 0.253 e. The lowest BCUT2D eigenvalue weighted by Crippen LogP contribution is -2.32. The van der Waals surface area contributed by atoms with E-state index in [1.54, 1.807) is 6.20 Å². The van der Waals surface area contributed by atoms with Crippen molar-refractivity contribution in [2.24, 2.45) is 0 Å². The number of nitrogens with zero attached hydrogens (tertiary/aromatic N) is 2. The number of carbonyl (C=O) groups excluding carboxylic acids is 1. The van der Waals surface area contributed by atoms with E-state index in [1.807, 2.05) is 79.7 Å². The second kappa shape index (κ2) is 9.26. The maximum absolute atomic E-state index is 12.6. The maximum atomic E-state index is 12.6. The van der Waals surface area contributed by atoms with Gasteiger partial charge in [0.1, 0.15) is 0 Å². The number of amides is 1. The SMILES string of the molecule is CCC(C)NC(=O)c1ccccc1Nc1ccc2c(/C=C/c3ccccn3)n[nH]c2c1. The van der Waals surface area contributed by atoms with Crippen molar-refractivity contribution in [1.29, 1.82) is 0 Å². The summed E-state index contributed by atoms with van der Waals surface area (Å²) in [7, 11) is 0. The third-order valence-electron chi connectivity index (χ3n) is 5.13. The molecule has 6 heteroatoms. The third-order valence-corrected chi connectivity index (χ3v) is 5.13. The molecule has 0 fully saturated rings. The number of H-pyrrole nitrogens is 1. The first-order valence-electron chi connectivity index (χ1n) is 10.4. The van der Waals surface area contributed by atoms with Crippen molar-refractivity contribution in [2.45, 2.75) is 26.3 Å². The van der Waals surface area contributed by atoms with Crippen LogP contribution in [0.5, 0.6) is 0 Å². The van der Waals surface area contributed by atoms with Gasteiger partial charge in [0.25, 0.3) is 5.91 Å². The molecule has 1 amide bonds. The first-order valence-corrected chi connectivity index (χ1v) is 10.4. The highest BCUT2D eigenvalue weighted by molar-refractivity contribution is 6.01. The summed E-state index contributed by atoms with van der Waals surface area (Å²) in [5.74, 6) is -0.0815. The van der Waals surface area contributed by atoms with Gasteiger partial charge in [-0.2, -0.15) is 5.10 Å². The second-order valence-corrected chi connectivity index (χ2v) is 7.41. The number of rotatable bonds is 7. The molecule has 0 saturated carbocycles. The Morgan fingerprint density at radius 2 is 1.94 bits per heavy atom. The summed E-state index contributed by atoms with van der Waals surface area (Å²) in [6, 6.07) is 19.4. The normalized spacial score (nSPS) is 12.2. The Bertz CT molecular complexity index is 1210. The van der Waals surface area contributed by atoms with Crippen LogP contribution in [0, 0.1) is 0 Å². The second-order valence-electron chi connectivity index (χ2n) is 7.41. The van der Waals surface area contributed by atoms with Gasteiger partial charge in [0, 0.05) is 23.3 Å². The van der Waals surface area contributed by atoms with Gasteiger partial charge in [-0.05, 0) is 68.0 Å². The van der Waals surface area contributed by atoms with Gasteiger partial charge in [0.15, 0.2) is 0 Å². The van der Waals surface area contributed by atoms with Gasteiger partial charge in [0.05, 0.1) is 28.2 Å². The van der Waals surface area contributed by atoms with E-state index in [-0.39, 0.29) is 11.9 Å². The van der Waals surface area contributed by atoms with Crippen LogP contribution in [0.15, 0.2) is 66.9 Å². The summed E-state index contributed by atoms with van der Waals surface area (Å²) in [6.07, 6.45) is 6.53. The number of pyridine rings is 1. The number of fused-ring (bicyclic) bond motifs is 1. The zero-order valence-electron chi connectivity index (χ0n) is 17.6. The van der Waals surface area contributed by atoms with Crippen LogP contribution in [0.3, 0.4) is 0 Å². The summed E-state index contributed by atoms with van der Waals surface area (Å²) in [6.45, 7) is 4.05. The molecule has 0 saturated heterocycles. The summed E-state index contributed by atoms with van der Waals surface area (Å²) in [4.78, 5) is 16.9. The molecule has 4 aromatic rings. The lowest BCUT2D eigenvalue weighted by Gasteiger charge is -2.15. The molecule has 3 N–H and O–H groups in total. The average molecular weight is 412 g/mol. The highest BCUT2D eigenvalue weighted by Gasteiger charge is 2.13. The quantitative estimate of drug-likeness (QED) is 0.380. The Kier molecular flexibility index (Phi) is 6.08. The minimum atomic E-state index is -0.0815. The van der Waals surface area contributed by atoms with Crippen molar-refractivity contribution in [3.05, 3.63) is 83.8 Å². The fourth-order valence-electron chi connectivity index (χ4n) is 3.23. The van der Waals surface area contributed by atoms with Crippen LogP contribution in [0.1, 0.15) is 42.0 Å². The number of aromatic amines is 1. The minimum Gasteiger partial charge on any atom is -0.355 e. The third kappa shape index (κ3) is 4.80. The average Bonchev–Trinajstić information content (AvgIpc) is 3.20. The van der Waals surface area contributed by atoms with Crippen molar-refractivity contribution < 1.29 is 4.79 Å². The van der Waals surface area contributed by atoms with Crippen molar-refractivity contribution in [3.8, 4) is 0 Å². The van der Waals surface area contributed by atoms with E-state index in [0.717, 1.165) is 40.1 Å². The number of carbonyl (C=O) groups is 1. The van der Waals surface area contributed by atoms with E-state index in [2.05, 4.69) is 32.7 Å².